The minimum atomic E-state index is 0.205. The Morgan fingerprint density at radius 1 is 1.37 bits per heavy atom. The molecule has 0 spiro atoms. The molecular formula is C15H21N3O. The standard InChI is InChI=1S/C15H21N3O/c16-19-13-4-3-8-18(11-13)9-7-12-10-17-15-6-2-1-5-14(12)15/h1-2,5-6,10,13,17H,3-4,7-9,11,16H2. The van der Waals surface area contributed by atoms with Gasteiger partial charge in [-0.1, -0.05) is 18.2 Å². The van der Waals surface area contributed by atoms with Crippen molar-refractivity contribution < 1.29 is 4.84 Å². The van der Waals surface area contributed by atoms with Crippen LogP contribution in [0.5, 0.6) is 0 Å². The van der Waals surface area contributed by atoms with Gasteiger partial charge in [-0.25, -0.2) is 5.90 Å². The number of piperidine rings is 1. The van der Waals surface area contributed by atoms with Gasteiger partial charge in [0.05, 0.1) is 6.10 Å². The van der Waals surface area contributed by atoms with Crippen molar-refractivity contribution in [3.05, 3.63) is 36.0 Å². The first-order chi connectivity index (χ1) is 9.36. The number of benzene rings is 1. The highest BCUT2D eigenvalue weighted by atomic mass is 16.6. The SMILES string of the molecule is NOC1CCCN(CCc2c[nH]c3ccccc23)C1. The summed E-state index contributed by atoms with van der Waals surface area (Å²) >= 11 is 0. The molecule has 4 heteroatoms. The zero-order valence-electron chi connectivity index (χ0n) is 11.1. The normalized spacial score (nSPS) is 21.0. The third-order valence-corrected chi connectivity index (χ3v) is 4.03. The summed E-state index contributed by atoms with van der Waals surface area (Å²) in [6.45, 7) is 3.18. The van der Waals surface area contributed by atoms with E-state index in [1.807, 2.05) is 0 Å². The van der Waals surface area contributed by atoms with Gasteiger partial charge in [0, 0.05) is 30.2 Å². The Morgan fingerprint density at radius 3 is 3.16 bits per heavy atom. The fourth-order valence-electron chi connectivity index (χ4n) is 2.94. The highest BCUT2D eigenvalue weighted by Crippen LogP contribution is 2.19. The van der Waals surface area contributed by atoms with E-state index in [4.69, 9.17) is 10.7 Å². The number of likely N-dealkylation sites (tertiary alicyclic amines) is 1. The minimum Gasteiger partial charge on any atom is -0.361 e. The van der Waals surface area contributed by atoms with E-state index in [9.17, 15) is 0 Å². The molecule has 1 unspecified atom stereocenters. The molecule has 4 nitrogen and oxygen atoms in total. The molecule has 2 heterocycles. The Hall–Kier alpha value is -1.36. The van der Waals surface area contributed by atoms with Gasteiger partial charge in [0.2, 0.25) is 0 Å². The van der Waals surface area contributed by atoms with Crippen LogP contribution in [0.3, 0.4) is 0 Å². The number of H-pyrrole nitrogens is 1. The lowest BCUT2D eigenvalue weighted by Crippen LogP contribution is -2.41. The summed E-state index contributed by atoms with van der Waals surface area (Å²) in [5, 5.41) is 1.34. The summed E-state index contributed by atoms with van der Waals surface area (Å²) < 4.78 is 0. The second-order valence-electron chi connectivity index (χ2n) is 5.31. The molecule has 0 saturated carbocycles. The van der Waals surface area contributed by atoms with E-state index in [-0.39, 0.29) is 6.10 Å². The van der Waals surface area contributed by atoms with Crippen molar-refractivity contribution in [3.8, 4) is 0 Å². The van der Waals surface area contributed by atoms with Crippen LogP contribution in [0.1, 0.15) is 18.4 Å². The van der Waals surface area contributed by atoms with Gasteiger partial charge in [-0.3, -0.25) is 4.84 Å². The summed E-state index contributed by atoms with van der Waals surface area (Å²) in [4.78, 5) is 10.8. The molecule has 1 aromatic carbocycles. The first kappa shape index (κ1) is 12.7. The summed E-state index contributed by atoms with van der Waals surface area (Å²) in [5.41, 5.74) is 2.62. The van der Waals surface area contributed by atoms with Gasteiger partial charge in [0.1, 0.15) is 0 Å². The highest BCUT2D eigenvalue weighted by Gasteiger charge is 2.19. The second kappa shape index (κ2) is 5.74. The van der Waals surface area contributed by atoms with Gasteiger partial charge in [-0.15, -0.1) is 0 Å². The number of rotatable bonds is 4. The van der Waals surface area contributed by atoms with Crippen molar-refractivity contribution in [1.29, 1.82) is 0 Å². The lowest BCUT2D eigenvalue weighted by Gasteiger charge is -2.31. The van der Waals surface area contributed by atoms with Crippen LogP contribution in [0.15, 0.2) is 30.5 Å². The van der Waals surface area contributed by atoms with Gasteiger partial charge < -0.3 is 9.88 Å². The summed E-state index contributed by atoms with van der Waals surface area (Å²) in [6.07, 6.45) is 5.67. The zero-order valence-corrected chi connectivity index (χ0v) is 11.1. The maximum Gasteiger partial charge on any atom is 0.0914 e. The molecule has 1 atom stereocenters. The molecule has 102 valence electrons. The fraction of sp³-hybridized carbons (Fsp3) is 0.467. The van der Waals surface area contributed by atoms with E-state index in [2.05, 4.69) is 40.3 Å². The fourth-order valence-corrected chi connectivity index (χ4v) is 2.94. The Balaban J connectivity index is 1.63. The van der Waals surface area contributed by atoms with E-state index >= 15 is 0 Å². The van der Waals surface area contributed by atoms with E-state index in [0.717, 1.165) is 32.5 Å². The number of fused-ring (bicyclic) bond motifs is 1. The van der Waals surface area contributed by atoms with E-state index < -0.39 is 0 Å². The number of nitrogens with two attached hydrogens (primary N) is 1. The smallest absolute Gasteiger partial charge is 0.0914 e. The minimum absolute atomic E-state index is 0.205. The number of nitrogens with one attached hydrogen (secondary N) is 1. The Labute approximate surface area is 113 Å². The maximum absolute atomic E-state index is 5.30. The van der Waals surface area contributed by atoms with E-state index in [1.54, 1.807) is 0 Å². The Kier molecular flexibility index (Phi) is 3.82. The molecule has 1 saturated heterocycles. The molecule has 3 rings (SSSR count). The predicted octanol–water partition coefficient (Wildman–Crippen LogP) is 2.07. The van der Waals surface area contributed by atoms with E-state index in [0.29, 0.717) is 0 Å². The van der Waals surface area contributed by atoms with Crippen molar-refractivity contribution in [2.45, 2.75) is 25.4 Å². The monoisotopic (exact) mass is 259 g/mol. The molecule has 0 aliphatic carbocycles. The maximum atomic E-state index is 5.30. The molecule has 2 aromatic rings. The van der Waals surface area contributed by atoms with Gasteiger partial charge in [-0.05, 0) is 37.4 Å². The third kappa shape index (κ3) is 2.81. The molecule has 19 heavy (non-hydrogen) atoms. The van der Waals surface area contributed by atoms with Gasteiger partial charge in [-0.2, -0.15) is 0 Å². The van der Waals surface area contributed by atoms with Crippen LogP contribution in [0.25, 0.3) is 10.9 Å². The molecule has 1 fully saturated rings. The van der Waals surface area contributed by atoms with Crippen LogP contribution in [0, 0.1) is 0 Å². The van der Waals surface area contributed by atoms with Gasteiger partial charge >= 0.3 is 0 Å². The summed E-state index contributed by atoms with van der Waals surface area (Å²) in [5.74, 6) is 5.30. The van der Waals surface area contributed by atoms with Gasteiger partial charge in [0.25, 0.3) is 0 Å². The molecule has 1 aliphatic heterocycles. The number of hydrogen-bond acceptors (Lipinski definition) is 3. The number of hydrogen-bond donors (Lipinski definition) is 2. The lowest BCUT2D eigenvalue weighted by atomic mass is 10.1. The topological polar surface area (TPSA) is 54.3 Å². The van der Waals surface area contributed by atoms with Crippen LogP contribution in [0.2, 0.25) is 0 Å². The van der Waals surface area contributed by atoms with Crippen molar-refractivity contribution in [2.75, 3.05) is 19.6 Å². The average molecular weight is 259 g/mol. The first-order valence-electron chi connectivity index (χ1n) is 6.99. The molecule has 1 aliphatic rings. The van der Waals surface area contributed by atoms with Crippen molar-refractivity contribution in [1.82, 2.24) is 9.88 Å². The molecule has 0 bridgehead atoms. The van der Waals surface area contributed by atoms with Gasteiger partial charge in [0.15, 0.2) is 0 Å². The second-order valence-corrected chi connectivity index (χ2v) is 5.31. The van der Waals surface area contributed by atoms with Crippen molar-refractivity contribution >= 4 is 10.9 Å². The highest BCUT2D eigenvalue weighted by molar-refractivity contribution is 5.83. The molecule has 1 aromatic heterocycles. The van der Waals surface area contributed by atoms with E-state index in [1.165, 1.54) is 22.9 Å². The molecule has 0 radical (unpaired) electrons. The van der Waals surface area contributed by atoms with Crippen LogP contribution >= 0.6 is 0 Å². The number of para-hydroxylation sites is 1. The molecule has 3 N–H and O–H groups in total. The first-order valence-corrected chi connectivity index (χ1v) is 6.99. The quantitative estimate of drug-likeness (QED) is 0.826. The number of aromatic nitrogens is 1. The lowest BCUT2D eigenvalue weighted by molar-refractivity contribution is -0.00107. The molecular weight excluding hydrogens is 238 g/mol. The van der Waals surface area contributed by atoms with Crippen LogP contribution in [-0.4, -0.2) is 35.6 Å². The summed E-state index contributed by atoms with van der Waals surface area (Å²) in [7, 11) is 0. The number of nitrogens with zero attached hydrogens (tertiary/aromatic N) is 1. The largest absolute Gasteiger partial charge is 0.361 e. The van der Waals surface area contributed by atoms with Crippen LogP contribution in [-0.2, 0) is 11.3 Å². The predicted molar refractivity (Wildman–Crippen MR) is 76.7 cm³/mol. The van der Waals surface area contributed by atoms with Crippen LogP contribution < -0.4 is 5.90 Å². The average Bonchev–Trinajstić information content (AvgIpc) is 2.89. The van der Waals surface area contributed by atoms with Crippen LogP contribution in [0.4, 0.5) is 0 Å². The summed E-state index contributed by atoms with van der Waals surface area (Å²) in [6, 6.07) is 8.47. The van der Waals surface area contributed by atoms with Crippen molar-refractivity contribution in [2.24, 2.45) is 5.90 Å². The Bertz CT molecular complexity index is 537. The number of aromatic amines is 1. The molecule has 0 amide bonds. The third-order valence-electron chi connectivity index (χ3n) is 4.03. The van der Waals surface area contributed by atoms with Crippen molar-refractivity contribution in [3.63, 3.8) is 0 Å². The zero-order chi connectivity index (χ0) is 13.1. The Morgan fingerprint density at radius 2 is 2.26 bits per heavy atom.